The minimum atomic E-state index is -1.04. The number of thiophene rings is 1. The van der Waals surface area contributed by atoms with Gasteiger partial charge >= 0.3 is 6.09 Å². The number of carbonyl (C=O) groups is 1. The maximum atomic E-state index is 11.0. The first-order valence-electron chi connectivity index (χ1n) is 4.94. The van der Waals surface area contributed by atoms with Gasteiger partial charge in [0.15, 0.2) is 0 Å². The zero-order valence-corrected chi connectivity index (χ0v) is 10.7. The van der Waals surface area contributed by atoms with Crippen LogP contribution < -0.4 is 0 Å². The van der Waals surface area contributed by atoms with Crippen LogP contribution in [-0.4, -0.2) is 28.0 Å². The van der Waals surface area contributed by atoms with Gasteiger partial charge in [0, 0.05) is 9.75 Å². The number of aryl methyl sites for hydroxylation is 1. The highest BCUT2D eigenvalue weighted by atomic mass is 32.1. The molecule has 0 radical (unpaired) electrons. The Morgan fingerprint density at radius 3 is 2.50 bits per heavy atom. The highest BCUT2D eigenvalue weighted by Crippen LogP contribution is 2.16. The van der Waals surface area contributed by atoms with Crippen LogP contribution in [0.15, 0.2) is 17.2 Å². The Morgan fingerprint density at radius 1 is 1.50 bits per heavy atom. The second-order valence-corrected chi connectivity index (χ2v) is 5.78. The number of nitrogens with zero attached hydrogens (tertiary/aromatic N) is 2. The van der Waals surface area contributed by atoms with E-state index in [4.69, 9.17) is 5.11 Å². The maximum absolute atomic E-state index is 11.0. The van der Waals surface area contributed by atoms with Crippen LogP contribution in [0.5, 0.6) is 0 Å². The van der Waals surface area contributed by atoms with Crippen LogP contribution in [0, 0.1) is 6.92 Å². The molecule has 0 atom stereocenters. The van der Waals surface area contributed by atoms with Crippen molar-refractivity contribution in [1.82, 2.24) is 5.01 Å². The average Bonchev–Trinajstić information content (AvgIpc) is 2.48. The normalized spacial score (nSPS) is 12.0. The maximum Gasteiger partial charge on any atom is 0.428 e. The molecule has 1 N–H and O–H groups in total. The fraction of sp³-hybridized carbons (Fsp3) is 0.455. The summed E-state index contributed by atoms with van der Waals surface area (Å²) in [5, 5.41) is 14.1. The van der Waals surface area contributed by atoms with Crippen molar-refractivity contribution in [2.45, 2.75) is 33.2 Å². The molecule has 0 aromatic carbocycles. The van der Waals surface area contributed by atoms with Gasteiger partial charge in [-0.2, -0.15) is 10.1 Å². The molecule has 0 aliphatic heterocycles. The van der Waals surface area contributed by atoms with E-state index in [0.29, 0.717) is 0 Å². The first-order valence-corrected chi connectivity index (χ1v) is 5.76. The molecule has 1 aromatic rings. The molecule has 0 fully saturated rings. The largest absolute Gasteiger partial charge is 0.464 e. The molecular weight excluding hydrogens is 224 g/mol. The van der Waals surface area contributed by atoms with Gasteiger partial charge in [-0.25, -0.2) is 4.79 Å². The highest BCUT2D eigenvalue weighted by Gasteiger charge is 2.25. The van der Waals surface area contributed by atoms with Crippen LogP contribution in [0.4, 0.5) is 4.79 Å². The zero-order valence-electron chi connectivity index (χ0n) is 9.89. The van der Waals surface area contributed by atoms with Gasteiger partial charge in [0.25, 0.3) is 0 Å². The van der Waals surface area contributed by atoms with Crippen LogP contribution in [0.25, 0.3) is 0 Å². The number of rotatable bonds is 2. The SMILES string of the molecule is Cc1ccc(C=NN(C(=O)O)C(C)(C)C)s1. The van der Waals surface area contributed by atoms with Crippen molar-refractivity contribution < 1.29 is 9.90 Å². The van der Waals surface area contributed by atoms with Gasteiger partial charge in [0.2, 0.25) is 0 Å². The third-order valence-electron chi connectivity index (χ3n) is 1.88. The summed E-state index contributed by atoms with van der Waals surface area (Å²) in [6.07, 6.45) is 0.536. The van der Waals surface area contributed by atoms with Crippen molar-refractivity contribution in [2.75, 3.05) is 0 Å². The molecule has 16 heavy (non-hydrogen) atoms. The number of amides is 1. The van der Waals surface area contributed by atoms with Crippen molar-refractivity contribution in [2.24, 2.45) is 5.10 Å². The van der Waals surface area contributed by atoms with E-state index in [9.17, 15) is 4.79 Å². The summed E-state index contributed by atoms with van der Waals surface area (Å²) < 4.78 is 0. The Balaban J connectivity index is 2.84. The molecule has 4 nitrogen and oxygen atoms in total. The van der Waals surface area contributed by atoms with E-state index in [1.165, 1.54) is 4.88 Å². The van der Waals surface area contributed by atoms with E-state index in [-0.39, 0.29) is 0 Å². The molecule has 5 heteroatoms. The van der Waals surface area contributed by atoms with Crippen molar-refractivity contribution in [1.29, 1.82) is 0 Å². The molecule has 0 spiro atoms. The molecule has 1 heterocycles. The van der Waals surface area contributed by atoms with Gasteiger partial charge in [-0.1, -0.05) is 0 Å². The van der Waals surface area contributed by atoms with Crippen molar-refractivity contribution in [3.8, 4) is 0 Å². The van der Waals surface area contributed by atoms with Gasteiger partial charge in [-0.15, -0.1) is 11.3 Å². The molecular formula is C11H16N2O2S. The summed E-state index contributed by atoms with van der Waals surface area (Å²) in [5.41, 5.74) is -0.533. The first-order chi connectivity index (χ1) is 7.30. The summed E-state index contributed by atoms with van der Waals surface area (Å²) in [6, 6.07) is 3.90. The van der Waals surface area contributed by atoms with E-state index in [1.54, 1.807) is 38.3 Å². The van der Waals surface area contributed by atoms with E-state index in [1.807, 2.05) is 19.1 Å². The van der Waals surface area contributed by atoms with Crippen molar-refractivity contribution in [3.63, 3.8) is 0 Å². The van der Waals surface area contributed by atoms with Crippen LogP contribution in [0.2, 0.25) is 0 Å². The quantitative estimate of drug-likeness (QED) is 0.637. The van der Waals surface area contributed by atoms with Gasteiger partial charge < -0.3 is 5.11 Å². The summed E-state index contributed by atoms with van der Waals surface area (Å²) in [5.74, 6) is 0. The fourth-order valence-electron chi connectivity index (χ4n) is 1.15. The van der Waals surface area contributed by atoms with Crippen LogP contribution in [0.1, 0.15) is 30.5 Å². The van der Waals surface area contributed by atoms with E-state index < -0.39 is 11.6 Å². The predicted molar refractivity (Wildman–Crippen MR) is 66.3 cm³/mol. The van der Waals surface area contributed by atoms with Gasteiger partial charge in [0.05, 0.1) is 11.8 Å². The monoisotopic (exact) mass is 240 g/mol. The van der Waals surface area contributed by atoms with Crippen molar-refractivity contribution in [3.05, 3.63) is 21.9 Å². The van der Waals surface area contributed by atoms with Gasteiger partial charge in [-0.3, -0.25) is 0 Å². The minimum Gasteiger partial charge on any atom is -0.464 e. The second-order valence-electron chi connectivity index (χ2n) is 4.46. The Bertz CT molecular complexity index is 404. The lowest BCUT2D eigenvalue weighted by atomic mass is 10.1. The van der Waals surface area contributed by atoms with Gasteiger partial charge in [-0.05, 0) is 39.8 Å². The fourth-order valence-corrected chi connectivity index (χ4v) is 1.89. The molecule has 1 aromatic heterocycles. The molecule has 1 rings (SSSR count). The summed E-state index contributed by atoms with van der Waals surface area (Å²) in [4.78, 5) is 13.1. The molecule has 0 unspecified atom stereocenters. The zero-order chi connectivity index (χ0) is 12.3. The third kappa shape index (κ3) is 3.34. The van der Waals surface area contributed by atoms with Crippen molar-refractivity contribution >= 4 is 23.6 Å². The predicted octanol–water partition coefficient (Wildman–Crippen LogP) is 3.17. The molecule has 0 saturated heterocycles. The van der Waals surface area contributed by atoms with Gasteiger partial charge in [0.1, 0.15) is 0 Å². The summed E-state index contributed by atoms with van der Waals surface area (Å²) in [7, 11) is 0. The first kappa shape index (κ1) is 12.7. The molecule has 0 aliphatic carbocycles. The van der Waals surface area contributed by atoms with Crippen LogP contribution >= 0.6 is 11.3 Å². The number of hydrazone groups is 1. The molecule has 0 saturated carbocycles. The molecule has 0 aliphatic rings. The average molecular weight is 240 g/mol. The standard InChI is InChI=1S/C11H16N2O2S/c1-8-5-6-9(16-8)7-12-13(10(14)15)11(2,3)4/h5-7H,1-4H3,(H,14,15). The lowest BCUT2D eigenvalue weighted by Gasteiger charge is -2.27. The van der Waals surface area contributed by atoms with E-state index in [2.05, 4.69) is 5.10 Å². The highest BCUT2D eigenvalue weighted by molar-refractivity contribution is 7.13. The Kier molecular flexibility index (Phi) is 3.70. The van der Waals surface area contributed by atoms with E-state index in [0.717, 1.165) is 9.89 Å². The summed E-state index contributed by atoms with van der Waals surface area (Å²) in [6.45, 7) is 7.41. The third-order valence-corrected chi connectivity index (χ3v) is 2.81. The second kappa shape index (κ2) is 4.65. The van der Waals surface area contributed by atoms with Crippen LogP contribution in [-0.2, 0) is 0 Å². The Morgan fingerprint density at radius 2 is 2.12 bits per heavy atom. The molecule has 0 bridgehead atoms. The lowest BCUT2D eigenvalue weighted by Crippen LogP contribution is -2.41. The Labute approximate surface area is 99.2 Å². The number of carboxylic acid groups (broad SMARTS) is 1. The minimum absolute atomic E-state index is 0.533. The number of hydrogen-bond donors (Lipinski definition) is 1. The lowest BCUT2D eigenvalue weighted by molar-refractivity contribution is 0.103. The topological polar surface area (TPSA) is 52.9 Å². The van der Waals surface area contributed by atoms with Crippen LogP contribution in [0.3, 0.4) is 0 Å². The summed E-state index contributed by atoms with van der Waals surface area (Å²) >= 11 is 1.58. The number of hydrogen-bond acceptors (Lipinski definition) is 3. The Hall–Kier alpha value is -1.36. The van der Waals surface area contributed by atoms with E-state index >= 15 is 0 Å². The smallest absolute Gasteiger partial charge is 0.428 e. The molecule has 1 amide bonds. The molecule has 88 valence electrons.